The molecule has 2 aliphatic rings. The van der Waals surface area contributed by atoms with E-state index in [1.807, 2.05) is 12.1 Å². The Bertz CT molecular complexity index is 736. The lowest BCUT2D eigenvalue weighted by molar-refractivity contribution is 0.0164. The van der Waals surface area contributed by atoms with Gasteiger partial charge in [0.15, 0.2) is 0 Å². The van der Waals surface area contributed by atoms with Gasteiger partial charge in [-0.05, 0) is 80.9 Å². The number of hydrogen-bond donors (Lipinski definition) is 1. The van der Waals surface area contributed by atoms with Gasteiger partial charge in [0.05, 0.1) is 5.76 Å². The van der Waals surface area contributed by atoms with E-state index in [1.165, 1.54) is 57.8 Å². The number of benzene rings is 1. The van der Waals surface area contributed by atoms with E-state index in [-0.39, 0.29) is 11.3 Å². The van der Waals surface area contributed by atoms with E-state index in [1.54, 1.807) is 17.2 Å². The zero-order chi connectivity index (χ0) is 20.9. The Hall–Kier alpha value is -1.64. The van der Waals surface area contributed by atoms with Crippen LogP contribution in [0.25, 0.3) is 0 Å². The zero-order valence-electron chi connectivity index (χ0n) is 17.9. The van der Waals surface area contributed by atoms with Gasteiger partial charge in [-0.1, -0.05) is 49.1 Å². The molecule has 1 fully saturated rings. The summed E-state index contributed by atoms with van der Waals surface area (Å²) in [6.45, 7) is 4.44. The van der Waals surface area contributed by atoms with E-state index < -0.39 is 5.92 Å². The molecule has 1 aromatic rings. The van der Waals surface area contributed by atoms with Crippen LogP contribution in [0.3, 0.4) is 0 Å². The van der Waals surface area contributed by atoms with E-state index in [9.17, 15) is 13.9 Å². The van der Waals surface area contributed by atoms with Crippen LogP contribution in [0.5, 0.6) is 0 Å². The molecule has 0 spiro atoms. The first-order chi connectivity index (χ1) is 13.8. The minimum Gasteiger partial charge on any atom is -0.513 e. The quantitative estimate of drug-likeness (QED) is 0.343. The van der Waals surface area contributed by atoms with Crippen molar-refractivity contribution in [3.05, 3.63) is 58.4 Å². The molecule has 3 heteroatoms. The van der Waals surface area contributed by atoms with Crippen LogP contribution in [0, 0.1) is 5.92 Å². The molecule has 0 bridgehead atoms. The fourth-order valence-corrected chi connectivity index (χ4v) is 5.20. The molecule has 0 aromatic heterocycles. The van der Waals surface area contributed by atoms with Gasteiger partial charge in [-0.25, -0.2) is 8.78 Å². The summed E-state index contributed by atoms with van der Waals surface area (Å²) in [4.78, 5) is 0. The first kappa shape index (κ1) is 22.1. The largest absolute Gasteiger partial charge is 0.513 e. The third-order valence-electron chi connectivity index (χ3n) is 6.77. The lowest BCUT2D eigenvalue weighted by Gasteiger charge is -2.30. The maximum atomic E-state index is 14.2. The average molecular weight is 403 g/mol. The lowest BCUT2D eigenvalue weighted by Crippen LogP contribution is -2.15. The van der Waals surface area contributed by atoms with Crippen molar-refractivity contribution in [2.75, 3.05) is 0 Å². The maximum Gasteiger partial charge on any atom is 0.270 e. The summed E-state index contributed by atoms with van der Waals surface area (Å²) >= 11 is 0. The van der Waals surface area contributed by atoms with Gasteiger partial charge >= 0.3 is 0 Å². The molecular weight excluding hydrogens is 366 g/mol. The van der Waals surface area contributed by atoms with E-state index >= 15 is 0 Å². The Morgan fingerprint density at radius 2 is 1.76 bits per heavy atom. The van der Waals surface area contributed by atoms with Gasteiger partial charge in [0.1, 0.15) is 0 Å². The van der Waals surface area contributed by atoms with E-state index in [2.05, 4.69) is 6.58 Å². The van der Waals surface area contributed by atoms with Crippen LogP contribution in [-0.2, 0) is 18.8 Å². The number of aliphatic hydroxyl groups excluding tert-OH is 1. The van der Waals surface area contributed by atoms with Crippen LogP contribution in [0.4, 0.5) is 8.78 Å². The molecule has 0 aliphatic heterocycles. The molecule has 29 heavy (non-hydrogen) atoms. The molecule has 0 radical (unpaired) electrons. The summed E-state index contributed by atoms with van der Waals surface area (Å²) < 4.78 is 28.5. The van der Waals surface area contributed by atoms with Crippen LogP contribution >= 0.6 is 0 Å². The van der Waals surface area contributed by atoms with Gasteiger partial charge in [0.25, 0.3) is 5.92 Å². The molecule has 0 heterocycles. The molecule has 1 saturated carbocycles. The lowest BCUT2D eigenvalue weighted by atomic mass is 9.76. The number of rotatable bonds is 8. The smallest absolute Gasteiger partial charge is 0.270 e. The first-order valence-corrected chi connectivity index (χ1v) is 11.4. The molecule has 1 N–H and O–H groups in total. The van der Waals surface area contributed by atoms with Crippen molar-refractivity contribution < 1.29 is 13.9 Å². The SMILES string of the molecule is C=C(O)CCc1ccc(CCC2=C(C3CCCCC3)CCCC2)cc1C(C)(F)F. The maximum absolute atomic E-state index is 14.2. The topological polar surface area (TPSA) is 20.2 Å². The van der Waals surface area contributed by atoms with Crippen molar-refractivity contribution in [3.63, 3.8) is 0 Å². The number of aliphatic hydroxyl groups is 1. The van der Waals surface area contributed by atoms with Crippen molar-refractivity contribution >= 4 is 0 Å². The van der Waals surface area contributed by atoms with Gasteiger partial charge in [0.2, 0.25) is 0 Å². The van der Waals surface area contributed by atoms with Crippen LogP contribution in [0.1, 0.15) is 94.2 Å². The number of aryl methyl sites for hydroxylation is 2. The van der Waals surface area contributed by atoms with Crippen molar-refractivity contribution in [2.24, 2.45) is 5.92 Å². The molecule has 0 unspecified atom stereocenters. The molecule has 0 amide bonds. The van der Waals surface area contributed by atoms with E-state index in [0.717, 1.165) is 31.2 Å². The molecule has 2 aliphatic carbocycles. The van der Waals surface area contributed by atoms with Crippen LogP contribution in [0.2, 0.25) is 0 Å². The predicted octanol–water partition coefficient (Wildman–Crippen LogP) is 8.19. The fourth-order valence-electron chi connectivity index (χ4n) is 5.20. The first-order valence-electron chi connectivity index (χ1n) is 11.4. The van der Waals surface area contributed by atoms with Gasteiger partial charge in [0, 0.05) is 18.9 Å². The third kappa shape index (κ3) is 6.17. The summed E-state index contributed by atoms with van der Waals surface area (Å²) in [5, 5.41) is 9.34. The second-order valence-corrected chi connectivity index (χ2v) is 9.12. The van der Waals surface area contributed by atoms with Crippen molar-refractivity contribution in [1.29, 1.82) is 0 Å². The molecule has 160 valence electrons. The molecule has 3 rings (SSSR count). The third-order valence-corrected chi connectivity index (χ3v) is 6.77. The Labute approximate surface area is 174 Å². The highest BCUT2D eigenvalue weighted by Gasteiger charge is 2.28. The normalized spacial score (nSPS) is 18.9. The highest BCUT2D eigenvalue weighted by Crippen LogP contribution is 2.39. The minimum atomic E-state index is -2.88. The van der Waals surface area contributed by atoms with Gasteiger partial charge < -0.3 is 5.11 Å². The van der Waals surface area contributed by atoms with Gasteiger partial charge in [-0.15, -0.1) is 0 Å². The highest BCUT2D eigenvalue weighted by atomic mass is 19.3. The Morgan fingerprint density at radius 3 is 2.45 bits per heavy atom. The standard InChI is InChI=1S/C26H36F2O/c1-19(29)12-15-23-17-14-20(18-25(23)26(2,27)28)13-16-22-10-6-7-11-24(22)21-8-4-3-5-9-21/h14,17-18,21,29H,1,3-13,15-16H2,2H3. The minimum absolute atomic E-state index is 0.0407. The van der Waals surface area contributed by atoms with Crippen LogP contribution in [0.15, 0.2) is 41.7 Å². The molecule has 1 aromatic carbocycles. The fraction of sp³-hybridized carbons (Fsp3) is 0.615. The average Bonchev–Trinajstić information content (AvgIpc) is 2.71. The number of allylic oxidation sites excluding steroid dienone is 3. The predicted molar refractivity (Wildman–Crippen MR) is 116 cm³/mol. The summed E-state index contributed by atoms with van der Waals surface area (Å²) in [6, 6.07) is 5.51. The summed E-state index contributed by atoms with van der Waals surface area (Å²) in [6.07, 6.45) is 14.4. The number of alkyl halides is 2. The van der Waals surface area contributed by atoms with Gasteiger partial charge in [-0.2, -0.15) is 0 Å². The highest BCUT2D eigenvalue weighted by molar-refractivity contribution is 5.36. The van der Waals surface area contributed by atoms with E-state index in [0.29, 0.717) is 18.4 Å². The summed E-state index contributed by atoms with van der Waals surface area (Å²) in [5.74, 6) is -2.05. The second-order valence-electron chi connectivity index (χ2n) is 9.12. The summed E-state index contributed by atoms with van der Waals surface area (Å²) in [7, 11) is 0. The van der Waals surface area contributed by atoms with Gasteiger partial charge in [-0.3, -0.25) is 0 Å². The molecule has 1 nitrogen and oxygen atoms in total. The second kappa shape index (κ2) is 9.91. The number of hydrogen-bond acceptors (Lipinski definition) is 1. The zero-order valence-corrected chi connectivity index (χ0v) is 17.9. The number of halogens is 2. The molecular formula is C26H36F2O. The molecule has 0 atom stereocenters. The van der Waals surface area contributed by atoms with Crippen LogP contribution in [-0.4, -0.2) is 5.11 Å². The van der Waals surface area contributed by atoms with E-state index in [4.69, 9.17) is 0 Å². The van der Waals surface area contributed by atoms with Crippen molar-refractivity contribution in [3.8, 4) is 0 Å². The van der Waals surface area contributed by atoms with Crippen molar-refractivity contribution in [1.82, 2.24) is 0 Å². The van der Waals surface area contributed by atoms with Crippen molar-refractivity contribution in [2.45, 2.75) is 96.3 Å². The summed E-state index contributed by atoms with van der Waals surface area (Å²) in [5.41, 5.74) is 5.04. The monoisotopic (exact) mass is 402 g/mol. The Morgan fingerprint density at radius 1 is 1.03 bits per heavy atom. The Kier molecular flexibility index (Phi) is 7.54. The Balaban J connectivity index is 1.75. The van der Waals surface area contributed by atoms with Crippen LogP contribution < -0.4 is 0 Å². The molecule has 0 saturated heterocycles.